The Kier molecular flexibility index (Phi) is 6.58. The van der Waals surface area contributed by atoms with Crippen molar-refractivity contribution in [3.8, 4) is 0 Å². The zero-order chi connectivity index (χ0) is 20.3. The molecule has 28 heavy (non-hydrogen) atoms. The van der Waals surface area contributed by atoms with Gasteiger partial charge < -0.3 is 9.64 Å². The lowest BCUT2D eigenvalue weighted by Crippen LogP contribution is -2.38. The maximum absolute atomic E-state index is 12.5. The number of fused-ring (bicyclic) bond motifs is 2. The van der Waals surface area contributed by atoms with E-state index in [0.717, 1.165) is 43.5 Å². The molecule has 154 valence electrons. The van der Waals surface area contributed by atoms with Crippen LogP contribution in [0.25, 0.3) is 0 Å². The van der Waals surface area contributed by atoms with Crippen molar-refractivity contribution in [1.29, 1.82) is 0 Å². The fourth-order valence-electron chi connectivity index (χ4n) is 3.63. The highest BCUT2D eigenvalue weighted by atomic mass is 32.2. The molecule has 2 aliphatic rings. The molecule has 0 atom stereocenters. The first-order valence-corrected chi connectivity index (χ1v) is 11.3. The summed E-state index contributed by atoms with van der Waals surface area (Å²) in [5.74, 6) is 1.17. The first-order valence-electron chi connectivity index (χ1n) is 10.4. The van der Waals surface area contributed by atoms with Crippen molar-refractivity contribution in [2.75, 3.05) is 23.1 Å². The number of hydrogen-bond donors (Lipinski definition) is 0. The average Bonchev–Trinajstić information content (AvgIpc) is 2.83. The molecule has 6 heteroatoms. The molecule has 0 aliphatic carbocycles. The molecule has 2 aliphatic heterocycles. The van der Waals surface area contributed by atoms with E-state index in [1.807, 2.05) is 30.0 Å². The molecule has 0 spiro atoms. The van der Waals surface area contributed by atoms with Crippen LogP contribution >= 0.6 is 11.9 Å². The summed E-state index contributed by atoms with van der Waals surface area (Å²) in [6.07, 6.45) is 5.02. The summed E-state index contributed by atoms with van der Waals surface area (Å²) in [5, 5.41) is 0. The van der Waals surface area contributed by atoms with E-state index in [0.29, 0.717) is 19.5 Å². The molecule has 0 saturated carbocycles. The predicted molar refractivity (Wildman–Crippen MR) is 115 cm³/mol. The molecule has 0 saturated heterocycles. The van der Waals surface area contributed by atoms with Gasteiger partial charge in [0.1, 0.15) is 5.60 Å². The Morgan fingerprint density at radius 3 is 2.39 bits per heavy atom. The summed E-state index contributed by atoms with van der Waals surface area (Å²) in [7, 11) is 0. The Bertz CT molecular complexity index is 742. The zero-order valence-corrected chi connectivity index (χ0v) is 18.4. The lowest BCUT2D eigenvalue weighted by atomic mass is 9.94. The highest BCUT2D eigenvalue weighted by Crippen LogP contribution is 2.36. The van der Waals surface area contributed by atoms with Crippen LogP contribution in [0, 0.1) is 0 Å². The Balaban J connectivity index is 1.77. The fourth-order valence-corrected chi connectivity index (χ4v) is 4.78. The molecular weight excluding hydrogens is 372 g/mol. The van der Waals surface area contributed by atoms with E-state index in [4.69, 9.17) is 4.74 Å². The van der Waals surface area contributed by atoms with E-state index < -0.39 is 5.60 Å². The third-order valence-corrected chi connectivity index (χ3v) is 6.26. The van der Waals surface area contributed by atoms with Crippen LogP contribution in [0.5, 0.6) is 0 Å². The van der Waals surface area contributed by atoms with E-state index >= 15 is 0 Å². The van der Waals surface area contributed by atoms with Crippen LogP contribution in [0.15, 0.2) is 12.1 Å². The van der Waals surface area contributed by atoms with E-state index in [2.05, 4.69) is 19.1 Å². The van der Waals surface area contributed by atoms with E-state index in [1.165, 1.54) is 16.7 Å². The van der Waals surface area contributed by atoms with Crippen molar-refractivity contribution in [2.45, 2.75) is 71.8 Å². The summed E-state index contributed by atoms with van der Waals surface area (Å²) in [6.45, 7) is 9.18. The molecule has 2 amide bonds. The minimum Gasteiger partial charge on any atom is -0.444 e. The van der Waals surface area contributed by atoms with Gasteiger partial charge in [-0.25, -0.2) is 4.79 Å². The first-order chi connectivity index (χ1) is 13.3. The largest absolute Gasteiger partial charge is 0.444 e. The third-order valence-electron chi connectivity index (χ3n) is 5.13. The molecule has 0 aromatic heterocycles. The Labute approximate surface area is 172 Å². The van der Waals surface area contributed by atoms with Crippen molar-refractivity contribution in [3.05, 3.63) is 28.8 Å². The fraction of sp³-hybridized carbons (Fsp3) is 0.636. The van der Waals surface area contributed by atoms with Gasteiger partial charge in [-0.3, -0.25) is 9.10 Å². The highest BCUT2D eigenvalue weighted by molar-refractivity contribution is 8.01. The molecule has 5 nitrogen and oxygen atoms in total. The summed E-state index contributed by atoms with van der Waals surface area (Å²) < 4.78 is 7.46. The SMILES string of the molecule is CCCCSN1C(=O)CCc2cc3c(cc21)CCN(C(=O)OC(C)(C)C)CC3. The maximum Gasteiger partial charge on any atom is 0.410 e. The van der Waals surface area contributed by atoms with Gasteiger partial charge in [-0.2, -0.15) is 0 Å². The Hall–Kier alpha value is -1.69. The van der Waals surface area contributed by atoms with Crippen molar-refractivity contribution < 1.29 is 14.3 Å². The number of ether oxygens (including phenoxy) is 1. The molecule has 0 N–H and O–H groups in total. The first kappa shape index (κ1) is 21.0. The number of nitrogens with zero attached hydrogens (tertiary/aromatic N) is 2. The summed E-state index contributed by atoms with van der Waals surface area (Å²) in [6, 6.07) is 4.46. The van der Waals surface area contributed by atoms with Crippen LogP contribution in [0.3, 0.4) is 0 Å². The van der Waals surface area contributed by atoms with Crippen LogP contribution in [0.2, 0.25) is 0 Å². The molecule has 0 radical (unpaired) electrons. The number of anilines is 1. The van der Waals surface area contributed by atoms with Gasteiger partial charge in [-0.15, -0.1) is 0 Å². The number of aryl methyl sites for hydroxylation is 1. The minimum absolute atomic E-state index is 0.206. The second-order valence-electron chi connectivity index (χ2n) is 8.59. The Morgan fingerprint density at radius 2 is 1.75 bits per heavy atom. The van der Waals surface area contributed by atoms with Crippen molar-refractivity contribution >= 4 is 29.6 Å². The highest BCUT2D eigenvalue weighted by Gasteiger charge is 2.28. The van der Waals surface area contributed by atoms with Crippen LogP contribution in [-0.4, -0.2) is 41.3 Å². The third kappa shape index (κ3) is 5.02. The van der Waals surface area contributed by atoms with E-state index in [9.17, 15) is 9.59 Å². The number of unbranched alkanes of at least 4 members (excludes halogenated alkanes) is 1. The average molecular weight is 405 g/mol. The van der Waals surface area contributed by atoms with Crippen molar-refractivity contribution in [3.63, 3.8) is 0 Å². The number of carbonyl (C=O) groups excluding carboxylic acids is 2. The maximum atomic E-state index is 12.5. The predicted octanol–water partition coefficient (Wildman–Crippen LogP) is 4.75. The summed E-state index contributed by atoms with van der Waals surface area (Å²) in [4.78, 5) is 26.8. The smallest absolute Gasteiger partial charge is 0.410 e. The molecule has 2 heterocycles. The quantitative estimate of drug-likeness (QED) is 0.537. The molecule has 0 fully saturated rings. The van der Waals surface area contributed by atoms with E-state index in [-0.39, 0.29) is 12.0 Å². The van der Waals surface area contributed by atoms with Gasteiger partial charge in [0, 0.05) is 25.3 Å². The van der Waals surface area contributed by atoms with E-state index in [1.54, 1.807) is 11.9 Å². The van der Waals surface area contributed by atoms with Gasteiger partial charge in [-0.1, -0.05) is 19.4 Å². The van der Waals surface area contributed by atoms with Crippen molar-refractivity contribution in [1.82, 2.24) is 4.90 Å². The number of carbonyl (C=O) groups is 2. The summed E-state index contributed by atoms with van der Waals surface area (Å²) in [5.41, 5.74) is 4.39. The molecule has 1 aromatic carbocycles. The Morgan fingerprint density at radius 1 is 1.07 bits per heavy atom. The van der Waals surface area contributed by atoms with Gasteiger partial charge in [0.05, 0.1) is 5.69 Å². The van der Waals surface area contributed by atoms with Crippen LogP contribution in [-0.2, 0) is 28.8 Å². The normalized spacial score (nSPS) is 17.1. The molecule has 1 aromatic rings. The number of benzene rings is 1. The van der Waals surface area contributed by atoms with Crippen molar-refractivity contribution in [2.24, 2.45) is 0 Å². The lowest BCUT2D eigenvalue weighted by molar-refractivity contribution is -0.117. The molecule has 0 unspecified atom stereocenters. The second kappa shape index (κ2) is 8.76. The number of hydrogen-bond acceptors (Lipinski definition) is 4. The van der Waals surface area contributed by atoms with Gasteiger partial charge in [0.2, 0.25) is 5.91 Å². The molecule has 3 rings (SSSR count). The monoisotopic (exact) mass is 404 g/mol. The lowest BCUT2D eigenvalue weighted by Gasteiger charge is -2.29. The summed E-state index contributed by atoms with van der Waals surface area (Å²) >= 11 is 1.64. The van der Waals surface area contributed by atoms with Gasteiger partial charge in [-0.05, 0) is 81.2 Å². The van der Waals surface area contributed by atoms with Gasteiger partial charge in [0.15, 0.2) is 0 Å². The van der Waals surface area contributed by atoms with Crippen LogP contribution in [0.1, 0.15) is 63.6 Å². The van der Waals surface area contributed by atoms with Gasteiger partial charge in [0.25, 0.3) is 0 Å². The molecule has 0 bridgehead atoms. The zero-order valence-electron chi connectivity index (χ0n) is 17.5. The molecular formula is C22H32N2O3S. The van der Waals surface area contributed by atoms with Gasteiger partial charge >= 0.3 is 6.09 Å². The standard InChI is InChI=1S/C22H32N2O3S/c1-5-6-13-28-24-19-15-17-10-12-23(21(26)27-22(2,3)4)11-9-16(17)14-18(19)7-8-20(24)25/h14-15H,5-13H2,1-4H3. The second-order valence-corrected chi connectivity index (χ2v) is 9.62. The van der Waals surface area contributed by atoms with Crippen LogP contribution < -0.4 is 4.31 Å². The topological polar surface area (TPSA) is 49.9 Å². The number of amides is 2. The van der Waals surface area contributed by atoms with Crippen LogP contribution in [0.4, 0.5) is 10.5 Å². The minimum atomic E-state index is -0.480. The number of rotatable bonds is 4.